The van der Waals surface area contributed by atoms with E-state index in [4.69, 9.17) is 11.5 Å². The van der Waals surface area contributed by atoms with Gasteiger partial charge in [0.15, 0.2) is 0 Å². The maximum Gasteiger partial charge on any atom is 0.0192 e. The molecule has 2 atom stereocenters. The number of unbranched alkanes of at least 4 members (excludes halogenated alkanes) is 4. The molecule has 0 amide bonds. The quantitative estimate of drug-likeness (QED) is 0.562. The Morgan fingerprint density at radius 3 is 1.36 bits per heavy atom. The number of rotatable bonds is 9. The summed E-state index contributed by atoms with van der Waals surface area (Å²) in [5, 5.41) is 0. The van der Waals surface area contributed by atoms with E-state index in [1.807, 2.05) is 0 Å². The third-order valence-corrected chi connectivity index (χ3v) is 2.83. The number of hydrogen-bond acceptors (Lipinski definition) is 2. The average Bonchev–Trinajstić information content (AvgIpc) is 2.18. The number of nitrogens with two attached hydrogens (primary N) is 2. The van der Waals surface area contributed by atoms with Crippen LogP contribution in [0.5, 0.6) is 0 Å². The molecule has 0 aromatic heterocycles. The smallest absolute Gasteiger partial charge is 0.0192 e. The standard InChI is InChI=1S/C12H28N2/c1-3-5-7-9-11(13)12(14)10-8-6-4-2/h11-12H,3-10,13-14H2,1-2H3. The van der Waals surface area contributed by atoms with Crippen molar-refractivity contribution in [3.63, 3.8) is 0 Å². The van der Waals surface area contributed by atoms with Crippen LogP contribution in [0.3, 0.4) is 0 Å². The maximum absolute atomic E-state index is 6.02. The van der Waals surface area contributed by atoms with Gasteiger partial charge in [0.1, 0.15) is 0 Å². The first-order chi connectivity index (χ1) is 6.72. The molecule has 0 spiro atoms. The van der Waals surface area contributed by atoms with Crippen molar-refractivity contribution in [2.45, 2.75) is 77.3 Å². The molecule has 0 heterocycles. The zero-order valence-electron chi connectivity index (χ0n) is 9.97. The lowest BCUT2D eigenvalue weighted by Gasteiger charge is -2.19. The second kappa shape index (κ2) is 9.47. The minimum atomic E-state index is 0.221. The molecule has 14 heavy (non-hydrogen) atoms. The topological polar surface area (TPSA) is 52.0 Å². The largest absolute Gasteiger partial charge is 0.326 e. The molecule has 0 saturated heterocycles. The molecular formula is C12H28N2. The first kappa shape index (κ1) is 13.9. The van der Waals surface area contributed by atoms with Crippen LogP contribution in [0.1, 0.15) is 65.2 Å². The summed E-state index contributed by atoms with van der Waals surface area (Å²) in [6, 6.07) is 0.441. The van der Waals surface area contributed by atoms with Crippen molar-refractivity contribution < 1.29 is 0 Å². The Balaban J connectivity index is 3.39. The van der Waals surface area contributed by atoms with Gasteiger partial charge in [0, 0.05) is 12.1 Å². The van der Waals surface area contributed by atoms with Crippen LogP contribution in [0.2, 0.25) is 0 Å². The summed E-state index contributed by atoms with van der Waals surface area (Å²) in [5.41, 5.74) is 12.0. The highest BCUT2D eigenvalue weighted by Crippen LogP contribution is 2.09. The van der Waals surface area contributed by atoms with Crippen molar-refractivity contribution >= 4 is 0 Å². The van der Waals surface area contributed by atoms with E-state index >= 15 is 0 Å². The van der Waals surface area contributed by atoms with E-state index in [0.29, 0.717) is 0 Å². The van der Waals surface area contributed by atoms with E-state index in [2.05, 4.69) is 13.8 Å². The lowest BCUT2D eigenvalue weighted by Crippen LogP contribution is -2.41. The predicted molar refractivity (Wildman–Crippen MR) is 64.2 cm³/mol. The lowest BCUT2D eigenvalue weighted by molar-refractivity contribution is 0.437. The van der Waals surface area contributed by atoms with E-state index < -0.39 is 0 Å². The van der Waals surface area contributed by atoms with Crippen molar-refractivity contribution in [2.24, 2.45) is 11.5 Å². The van der Waals surface area contributed by atoms with Gasteiger partial charge in [0.05, 0.1) is 0 Å². The summed E-state index contributed by atoms with van der Waals surface area (Å²) in [6.07, 6.45) is 9.76. The van der Waals surface area contributed by atoms with E-state index in [-0.39, 0.29) is 12.1 Å². The Hall–Kier alpha value is -0.0800. The van der Waals surface area contributed by atoms with Gasteiger partial charge in [-0.25, -0.2) is 0 Å². The van der Waals surface area contributed by atoms with Crippen molar-refractivity contribution in [1.82, 2.24) is 0 Å². The van der Waals surface area contributed by atoms with Gasteiger partial charge in [-0.3, -0.25) is 0 Å². The minimum absolute atomic E-state index is 0.221. The second-order valence-electron chi connectivity index (χ2n) is 4.32. The van der Waals surface area contributed by atoms with Crippen LogP contribution in [0.25, 0.3) is 0 Å². The van der Waals surface area contributed by atoms with Gasteiger partial charge in [0.2, 0.25) is 0 Å². The Kier molecular flexibility index (Phi) is 9.42. The lowest BCUT2D eigenvalue weighted by atomic mass is 9.98. The second-order valence-corrected chi connectivity index (χ2v) is 4.32. The number of hydrogen-bond donors (Lipinski definition) is 2. The van der Waals surface area contributed by atoms with E-state index in [1.165, 1.54) is 38.5 Å². The Morgan fingerprint density at radius 2 is 1.07 bits per heavy atom. The highest BCUT2D eigenvalue weighted by molar-refractivity contribution is 4.75. The first-order valence-electron chi connectivity index (χ1n) is 6.23. The van der Waals surface area contributed by atoms with Crippen LogP contribution in [0.4, 0.5) is 0 Å². The van der Waals surface area contributed by atoms with Gasteiger partial charge < -0.3 is 11.5 Å². The van der Waals surface area contributed by atoms with Crippen LogP contribution in [0.15, 0.2) is 0 Å². The van der Waals surface area contributed by atoms with Gasteiger partial charge in [0.25, 0.3) is 0 Å². The molecule has 0 aliphatic rings. The SMILES string of the molecule is CCCCCC(N)C(N)CCCCC. The first-order valence-corrected chi connectivity index (χ1v) is 6.23. The third-order valence-electron chi connectivity index (χ3n) is 2.83. The van der Waals surface area contributed by atoms with Crippen LogP contribution < -0.4 is 11.5 Å². The van der Waals surface area contributed by atoms with Gasteiger partial charge in [-0.2, -0.15) is 0 Å². The Bertz CT molecular complexity index is 101. The molecule has 0 bridgehead atoms. The van der Waals surface area contributed by atoms with Crippen molar-refractivity contribution in [1.29, 1.82) is 0 Å². The Labute approximate surface area is 89.4 Å². The summed E-state index contributed by atoms with van der Waals surface area (Å²) in [4.78, 5) is 0. The molecular weight excluding hydrogens is 172 g/mol. The van der Waals surface area contributed by atoms with E-state index in [9.17, 15) is 0 Å². The maximum atomic E-state index is 6.02. The molecule has 2 unspecified atom stereocenters. The van der Waals surface area contributed by atoms with E-state index in [0.717, 1.165) is 12.8 Å². The molecule has 0 aliphatic carbocycles. The average molecular weight is 200 g/mol. The van der Waals surface area contributed by atoms with Crippen LogP contribution in [0, 0.1) is 0 Å². The van der Waals surface area contributed by atoms with Crippen LogP contribution in [-0.2, 0) is 0 Å². The molecule has 0 aromatic carbocycles. The van der Waals surface area contributed by atoms with E-state index in [1.54, 1.807) is 0 Å². The van der Waals surface area contributed by atoms with Gasteiger partial charge in [-0.1, -0.05) is 52.4 Å². The fourth-order valence-electron chi connectivity index (χ4n) is 1.69. The molecule has 4 N–H and O–H groups in total. The van der Waals surface area contributed by atoms with Crippen molar-refractivity contribution in [3.05, 3.63) is 0 Å². The molecule has 0 saturated carbocycles. The minimum Gasteiger partial charge on any atom is -0.326 e. The van der Waals surface area contributed by atoms with Crippen molar-refractivity contribution in [3.8, 4) is 0 Å². The highest BCUT2D eigenvalue weighted by Gasteiger charge is 2.11. The summed E-state index contributed by atoms with van der Waals surface area (Å²) < 4.78 is 0. The van der Waals surface area contributed by atoms with Crippen molar-refractivity contribution in [2.75, 3.05) is 0 Å². The molecule has 0 rings (SSSR count). The van der Waals surface area contributed by atoms with Gasteiger partial charge >= 0.3 is 0 Å². The third kappa shape index (κ3) is 7.34. The molecule has 0 fully saturated rings. The monoisotopic (exact) mass is 200 g/mol. The van der Waals surface area contributed by atoms with Crippen LogP contribution in [-0.4, -0.2) is 12.1 Å². The fourth-order valence-corrected chi connectivity index (χ4v) is 1.69. The van der Waals surface area contributed by atoms with Gasteiger partial charge in [-0.05, 0) is 12.8 Å². The summed E-state index contributed by atoms with van der Waals surface area (Å²) in [5.74, 6) is 0. The van der Waals surface area contributed by atoms with Gasteiger partial charge in [-0.15, -0.1) is 0 Å². The molecule has 86 valence electrons. The summed E-state index contributed by atoms with van der Waals surface area (Å²) >= 11 is 0. The van der Waals surface area contributed by atoms with Crippen LogP contribution >= 0.6 is 0 Å². The highest BCUT2D eigenvalue weighted by atomic mass is 14.8. The zero-order valence-corrected chi connectivity index (χ0v) is 9.97. The molecule has 0 radical (unpaired) electrons. The molecule has 2 nitrogen and oxygen atoms in total. The molecule has 0 aliphatic heterocycles. The summed E-state index contributed by atoms with van der Waals surface area (Å²) in [7, 11) is 0. The zero-order chi connectivity index (χ0) is 10.8. The normalized spacial score (nSPS) is 15.4. The Morgan fingerprint density at radius 1 is 0.714 bits per heavy atom. The summed E-state index contributed by atoms with van der Waals surface area (Å²) in [6.45, 7) is 4.43. The molecule has 0 aromatic rings. The predicted octanol–water partition coefficient (Wildman–Crippen LogP) is 2.80. The fraction of sp³-hybridized carbons (Fsp3) is 1.00. The molecule has 2 heteroatoms.